The smallest absolute Gasteiger partial charge is 0.311 e. The Kier molecular flexibility index (Phi) is 7.36. The van der Waals surface area contributed by atoms with Gasteiger partial charge in [0.25, 0.3) is 5.56 Å². The molecule has 4 aromatic rings. The average molecular weight is 535 g/mol. The van der Waals surface area contributed by atoms with Crippen molar-refractivity contribution in [3.05, 3.63) is 108 Å². The molecule has 4 rings (SSSR count). The van der Waals surface area contributed by atoms with E-state index in [2.05, 4.69) is 26.0 Å². The number of nitrogens with zero attached hydrogens (tertiary/aromatic N) is 4. The average Bonchev–Trinajstić information content (AvgIpc) is 2.83. The van der Waals surface area contributed by atoms with Crippen LogP contribution in [0.1, 0.15) is 35.9 Å². The molecule has 0 aliphatic carbocycles. The highest BCUT2D eigenvalue weighted by atomic mass is 79.9. The molecule has 0 radical (unpaired) electrons. The van der Waals surface area contributed by atoms with E-state index in [1.807, 2.05) is 44.2 Å². The number of nitro benzene ring substituents is 1. The fourth-order valence-corrected chi connectivity index (χ4v) is 4.03. The normalized spacial score (nSPS) is 11.3. The summed E-state index contributed by atoms with van der Waals surface area (Å²) in [5.74, 6) is 0.686. The number of benzene rings is 3. The van der Waals surface area contributed by atoms with Crippen LogP contribution in [0.4, 0.5) is 5.69 Å². The van der Waals surface area contributed by atoms with Crippen molar-refractivity contribution >= 4 is 38.7 Å². The van der Waals surface area contributed by atoms with Crippen molar-refractivity contribution in [3.63, 3.8) is 0 Å². The van der Waals surface area contributed by atoms with Gasteiger partial charge in [-0.05, 0) is 49.2 Å². The van der Waals surface area contributed by atoms with Crippen molar-refractivity contribution < 1.29 is 9.66 Å². The first-order chi connectivity index (χ1) is 16.9. The van der Waals surface area contributed by atoms with Crippen LogP contribution in [-0.4, -0.2) is 20.8 Å². The largest absolute Gasteiger partial charge is 0.482 e. The molecule has 178 valence electrons. The van der Waals surface area contributed by atoms with Gasteiger partial charge >= 0.3 is 5.69 Å². The topological polar surface area (TPSA) is 99.6 Å². The number of nitro groups is 1. The van der Waals surface area contributed by atoms with Crippen LogP contribution < -0.4 is 10.3 Å². The van der Waals surface area contributed by atoms with E-state index in [-0.39, 0.29) is 23.6 Å². The SMILES string of the molecule is CCCc1nc2ccc(Br)cc2c(=O)n1N=Cc1ccc(OCc2cccc(C)c2)c([N+](=O)[O-])c1. The third kappa shape index (κ3) is 5.63. The molecule has 3 aromatic carbocycles. The third-order valence-corrected chi connectivity index (χ3v) is 5.82. The Hall–Kier alpha value is -3.85. The van der Waals surface area contributed by atoms with E-state index in [4.69, 9.17) is 4.74 Å². The Labute approximate surface area is 210 Å². The van der Waals surface area contributed by atoms with Gasteiger partial charge in [0.05, 0.1) is 22.0 Å². The molecule has 9 heteroatoms. The van der Waals surface area contributed by atoms with Gasteiger partial charge in [-0.1, -0.05) is 52.7 Å². The van der Waals surface area contributed by atoms with Crippen LogP contribution in [0.2, 0.25) is 0 Å². The lowest BCUT2D eigenvalue weighted by Crippen LogP contribution is -2.22. The molecule has 0 spiro atoms. The number of hydrogen-bond donors (Lipinski definition) is 0. The molecule has 35 heavy (non-hydrogen) atoms. The molecule has 0 N–H and O–H groups in total. The Morgan fingerprint density at radius 3 is 2.74 bits per heavy atom. The van der Waals surface area contributed by atoms with E-state index in [1.54, 1.807) is 24.3 Å². The van der Waals surface area contributed by atoms with Gasteiger partial charge in [0.1, 0.15) is 12.4 Å². The van der Waals surface area contributed by atoms with E-state index in [1.165, 1.54) is 17.0 Å². The first-order valence-corrected chi connectivity index (χ1v) is 11.9. The minimum absolute atomic E-state index is 0.162. The van der Waals surface area contributed by atoms with Crippen LogP contribution in [0.15, 0.2) is 75.0 Å². The highest BCUT2D eigenvalue weighted by Crippen LogP contribution is 2.28. The second-order valence-electron chi connectivity index (χ2n) is 8.06. The molecular formula is C26H23BrN4O4. The third-order valence-electron chi connectivity index (χ3n) is 5.33. The van der Waals surface area contributed by atoms with Crippen molar-refractivity contribution in [3.8, 4) is 5.75 Å². The molecule has 0 aliphatic rings. The van der Waals surface area contributed by atoms with Crippen molar-refractivity contribution in [2.75, 3.05) is 0 Å². The Balaban J connectivity index is 1.66. The summed E-state index contributed by atoms with van der Waals surface area (Å²) in [6.45, 7) is 4.18. The molecule has 0 atom stereocenters. The second kappa shape index (κ2) is 10.6. The number of ether oxygens (including phenoxy) is 1. The highest BCUT2D eigenvalue weighted by Gasteiger charge is 2.16. The lowest BCUT2D eigenvalue weighted by atomic mass is 10.1. The maximum absolute atomic E-state index is 13.1. The number of hydrogen-bond acceptors (Lipinski definition) is 6. The Bertz CT molecular complexity index is 1500. The molecule has 0 unspecified atom stereocenters. The van der Waals surface area contributed by atoms with Gasteiger partial charge in [-0.2, -0.15) is 9.78 Å². The monoisotopic (exact) mass is 534 g/mol. The number of aryl methyl sites for hydroxylation is 2. The zero-order valence-electron chi connectivity index (χ0n) is 19.3. The van der Waals surface area contributed by atoms with E-state index < -0.39 is 4.92 Å². The van der Waals surface area contributed by atoms with Crippen molar-refractivity contribution in [1.82, 2.24) is 9.66 Å². The van der Waals surface area contributed by atoms with Gasteiger partial charge in [-0.15, -0.1) is 0 Å². The summed E-state index contributed by atoms with van der Waals surface area (Å²) in [6.07, 6.45) is 2.76. The zero-order chi connectivity index (χ0) is 24.9. The Morgan fingerprint density at radius 2 is 2.00 bits per heavy atom. The predicted octanol–water partition coefficient (Wildman–Crippen LogP) is 5.79. The standard InChI is InChI=1S/C26H23BrN4O4/c1-3-5-25-29-22-10-9-20(27)14-21(22)26(32)30(25)28-15-18-8-11-24(23(13-18)31(33)34)35-16-19-7-4-6-17(2)12-19/h4,6-15H,3,5,16H2,1-2H3. The van der Waals surface area contributed by atoms with Crippen molar-refractivity contribution in [2.45, 2.75) is 33.3 Å². The first-order valence-electron chi connectivity index (χ1n) is 11.1. The van der Waals surface area contributed by atoms with Gasteiger partial charge < -0.3 is 4.74 Å². The summed E-state index contributed by atoms with van der Waals surface area (Å²) in [5, 5.41) is 16.5. The molecule has 1 aromatic heterocycles. The van der Waals surface area contributed by atoms with Gasteiger partial charge in [0, 0.05) is 22.5 Å². The molecule has 0 bridgehead atoms. The van der Waals surface area contributed by atoms with Crippen molar-refractivity contribution in [2.24, 2.45) is 5.10 Å². The molecule has 8 nitrogen and oxygen atoms in total. The fourth-order valence-electron chi connectivity index (χ4n) is 3.67. The molecule has 0 saturated carbocycles. The lowest BCUT2D eigenvalue weighted by Gasteiger charge is -2.09. The van der Waals surface area contributed by atoms with Crippen LogP contribution in [0.5, 0.6) is 5.75 Å². The van der Waals surface area contributed by atoms with Gasteiger partial charge in [0.15, 0.2) is 5.75 Å². The summed E-state index contributed by atoms with van der Waals surface area (Å²) < 4.78 is 7.75. The maximum atomic E-state index is 13.1. The second-order valence-corrected chi connectivity index (χ2v) is 8.98. The van der Waals surface area contributed by atoms with Crippen LogP contribution in [-0.2, 0) is 13.0 Å². The molecule has 0 saturated heterocycles. The minimum Gasteiger partial charge on any atom is -0.482 e. The van der Waals surface area contributed by atoms with E-state index in [0.717, 1.165) is 22.0 Å². The quantitative estimate of drug-likeness (QED) is 0.162. The minimum atomic E-state index is -0.493. The molecule has 0 fully saturated rings. The van der Waals surface area contributed by atoms with Crippen molar-refractivity contribution in [1.29, 1.82) is 0 Å². The van der Waals surface area contributed by atoms with Gasteiger partial charge in [-0.25, -0.2) is 4.98 Å². The van der Waals surface area contributed by atoms with Crippen LogP contribution in [0, 0.1) is 17.0 Å². The number of halogens is 1. The van der Waals surface area contributed by atoms with Gasteiger partial charge in [-0.3, -0.25) is 14.9 Å². The van der Waals surface area contributed by atoms with Crippen LogP contribution in [0.25, 0.3) is 10.9 Å². The first kappa shape index (κ1) is 24.3. The number of fused-ring (bicyclic) bond motifs is 1. The maximum Gasteiger partial charge on any atom is 0.311 e. The molecule has 1 heterocycles. The summed E-state index contributed by atoms with van der Waals surface area (Å²) in [6, 6.07) is 17.7. The lowest BCUT2D eigenvalue weighted by molar-refractivity contribution is -0.385. The summed E-state index contributed by atoms with van der Waals surface area (Å²) in [5.41, 5.74) is 2.58. The van der Waals surface area contributed by atoms with Gasteiger partial charge in [0.2, 0.25) is 0 Å². The van der Waals surface area contributed by atoms with E-state index in [0.29, 0.717) is 28.7 Å². The molecule has 0 aliphatic heterocycles. The predicted molar refractivity (Wildman–Crippen MR) is 139 cm³/mol. The van der Waals surface area contributed by atoms with E-state index >= 15 is 0 Å². The molecular weight excluding hydrogens is 512 g/mol. The zero-order valence-corrected chi connectivity index (χ0v) is 20.9. The summed E-state index contributed by atoms with van der Waals surface area (Å²) in [7, 11) is 0. The van der Waals surface area contributed by atoms with Crippen LogP contribution >= 0.6 is 15.9 Å². The number of aromatic nitrogens is 2. The van der Waals surface area contributed by atoms with Crippen LogP contribution in [0.3, 0.4) is 0 Å². The summed E-state index contributed by atoms with van der Waals surface area (Å²) in [4.78, 5) is 28.9. The molecule has 0 amide bonds. The fraction of sp³-hybridized carbons (Fsp3) is 0.192. The summed E-state index contributed by atoms with van der Waals surface area (Å²) >= 11 is 3.39. The Morgan fingerprint density at radius 1 is 1.17 bits per heavy atom. The highest BCUT2D eigenvalue weighted by molar-refractivity contribution is 9.10. The van der Waals surface area contributed by atoms with E-state index in [9.17, 15) is 14.9 Å². The number of rotatable bonds is 8.